The summed E-state index contributed by atoms with van der Waals surface area (Å²) >= 11 is 0. The van der Waals surface area contributed by atoms with Gasteiger partial charge in [-0.05, 0) is 6.07 Å². The molecule has 0 fully saturated rings. The largest absolute Gasteiger partial charge is 0.496 e. The third-order valence-corrected chi connectivity index (χ3v) is 2.16. The number of ether oxygens (including phenoxy) is 1. The normalized spacial score (nSPS) is 9.33. The summed E-state index contributed by atoms with van der Waals surface area (Å²) in [6.07, 6.45) is 0.195. The third kappa shape index (κ3) is 3.18. The molecular weight excluding hydrogens is 238 g/mol. The number of carbonyl (C=O) groups excluding carboxylic acids is 1. The highest BCUT2D eigenvalue weighted by Crippen LogP contribution is 2.24. The van der Waals surface area contributed by atoms with Crippen LogP contribution >= 0.6 is 0 Å². The second-order valence-corrected chi connectivity index (χ2v) is 3.31. The molecule has 0 aliphatic rings. The summed E-state index contributed by atoms with van der Waals surface area (Å²) in [5.41, 5.74) is 0.0430. The van der Waals surface area contributed by atoms with Crippen molar-refractivity contribution in [2.45, 2.75) is 6.42 Å². The van der Waals surface area contributed by atoms with Gasteiger partial charge in [0.25, 0.3) is 11.6 Å². The summed E-state index contributed by atoms with van der Waals surface area (Å²) in [6.45, 7) is 0.218. The van der Waals surface area contributed by atoms with Gasteiger partial charge in [0, 0.05) is 12.6 Å². The Kier molecular flexibility index (Phi) is 4.63. The van der Waals surface area contributed by atoms with Gasteiger partial charge in [-0.1, -0.05) is 0 Å². The van der Waals surface area contributed by atoms with E-state index >= 15 is 0 Å². The maximum absolute atomic E-state index is 11.7. The lowest BCUT2D eigenvalue weighted by Crippen LogP contribution is -2.24. The van der Waals surface area contributed by atoms with E-state index < -0.39 is 10.8 Å². The Morgan fingerprint density at radius 3 is 2.89 bits per heavy atom. The summed E-state index contributed by atoms with van der Waals surface area (Å²) in [4.78, 5) is 21.7. The van der Waals surface area contributed by atoms with Crippen molar-refractivity contribution < 1.29 is 14.5 Å². The van der Waals surface area contributed by atoms with Gasteiger partial charge >= 0.3 is 0 Å². The first-order chi connectivity index (χ1) is 8.60. The molecule has 94 valence electrons. The zero-order valence-electron chi connectivity index (χ0n) is 9.67. The predicted octanol–water partition coefficient (Wildman–Crippen LogP) is 1.25. The van der Waals surface area contributed by atoms with Crippen LogP contribution in [0.2, 0.25) is 0 Å². The maximum atomic E-state index is 11.7. The number of nitro groups is 1. The fraction of sp³-hybridized carbons (Fsp3) is 0.273. The van der Waals surface area contributed by atoms with Crippen LogP contribution in [0.3, 0.4) is 0 Å². The number of amides is 1. The van der Waals surface area contributed by atoms with Gasteiger partial charge < -0.3 is 10.1 Å². The van der Waals surface area contributed by atoms with Crippen LogP contribution < -0.4 is 10.1 Å². The van der Waals surface area contributed by atoms with E-state index in [1.807, 2.05) is 6.07 Å². The summed E-state index contributed by atoms with van der Waals surface area (Å²) in [7, 11) is 1.32. The fourth-order valence-electron chi connectivity index (χ4n) is 1.31. The first kappa shape index (κ1) is 13.4. The third-order valence-electron chi connectivity index (χ3n) is 2.16. The predicted molar refractivity (Wildman–Crippen MR) is 62.2 cm³/mol. The topological polar surface area (TPSA) is 105 Å². The Hall–Kier alpha value is -2.62. The first-order valence-corrected chi connectivity index (χ1v) is 5.07. The molecule has 1 rings (SSSR count). The van der Waals surface area contributed by atoms with Crippen LogP contribution in [0.15, 0.2) is 18.2 Å². The molecule has 0 aliphatic carbocycles. The highest BCUT2D eigenvalue weighted by Gasteiger charge is 2.16. The smallest absolute Gasteiger partial charge is 0.273 e. The van der Waals surface area contributed by atoms with Crippen molar-refractivity contribution in [3.63, 3.8) is 0 Å². The van der Waals surface area contributed by atoms with E-state index in [9.17, 15) is 14.9 Å². The van der Waals surface area contributed by atoms with Gasteiger partial charge in [0.2, 0.25) is 0 Å². The van der Waals surface area contributed by atoms with Crippen molar-refractivity contribution >= 4 is 11.6 Å². The minimum atomic E-state index is -0.570. The number of nitrogens with zero attached hydrogens (tertiary/aromatic N) is 2. The number of nitriles is 1. The maximum Gasteiger partial charge on any atom is 0.273 e. The molecule has 0 radical (unpaired) electrons. The highest BCUT2D eigenvalue weighted by molar-refractivity contribution is 5.97. The monoisotopic (exact) mass is 249 g/mol. The van der Waals surface area contributed by atoms with E-state index in [0.717, 1.165) is 0 Å². The molecule has 0 saturated carbocycles. The lowest BCUT2D eigenvalue weighted by molar-refractivity contribution is -0.384. The van der Waals surface area contributed by atoms with Gasteiger partial charge in [-0.25, -0.2) is 0 Å². The lowest BCUT2D eigenvalue weighted by atomic mass is 10.1. The molecule has 0 unspecified atom stereocenters. The number of benzene rings is 1. The Bertz CT molecular complexity index is 508. The molecule has 1 aromatic rings. The number of nitro benzene ring substituents is 1. The zero-order chi connectivity index (χ0) is 13.5. The van der Waals surface area contributed by atoms with Crippen molar-refractivity contribution in [3.05, 3.63) is 33.9 Å². The molecule has 0 heterocycles. The molecule has 0 aromatic heterocycles. The van der Waals surface area contributed by atoms with Crippen LogP contribution in [0.25, 0.3) is 0 Å². The van der Waals surface area contributed by atoms with Gasteiger partial charge in [0.1, 0.15) is 5.75 Å². The van der Waals surface area contributed by atoms with Crippen LogP contribution in [-0.4, -0.2) is 24.5 Å². The molecule has 0 aliphatic heterocycles. The van der Waals surface area contributed by atoms with Crippen molar-refractivity contribution in [2.24, 2.45) is 0 Å². The number of carbonyl (C=O) groups is 1. The van der Waals surface area contributed by atoms with Crippen LogP contribution in [0, 0.1) is 21.4 Å². The molecule has 0 bridgehead atoms. The summed E-state index contributed by atoms with van der Waals surface area (Å²) < 4.78 is 4.93. The van der Waals surface area contributed by atoms with E-state index in [0.29, 0.717) is 0 Å². The Labute approximate surface area is 103 Å². The van der Waals surface area contributed by atoms with E-state index in [2.05, 4.69) is 5.32 Å². The molecule has 1 N–H and O–H groups in total. The highest BCUT2D eigenvalue weighted by atomic mass is 16.6. The molecule has 1 amide bonds. The minimum absolute atomic E-state index is 0.124. The number of hydrogen-bond donors (Lipinski definition) is 1. The van der Waals surface area contributed by atoms with Gasteiger partial charge in [-0.3, -0.25) is 14.9 Å². The van der Waals surface area contributed by atoms with E-state index in [1.54, 1.807) is 0 Å². The van der Waals surface area contributed by atoms with E-state index in [4.69, 9.17) is 10.00 Å². The standard InChI is InChI=1S/C11H11N3O4/c1-18-10-7-8(14(16)17)3-4-9(10)11(15)13-6-2-5-12/h3-4,7H,2,6H2,1H3,(H,13,15). The van der Waals surface area contributed by atoms with Crippen molar-refractivity contribution in [1.29, 1.82) is 5.26 Å². The molecule has 1 aromatic carbocycles. The Balaban J connectivity index is 2.92. The second-order valence-electron chi connectivity index (χ2n) is 3.31. The summed E-state index contributed by atoms with van der Waals surface area (Å²) in [5, 5.41) is 21.4. The quantitative estimate of drug-likeness (QED) is 0.480. The molecule has 0 atom stereocenters. The molecular formula is C11H11N3O4. The summed E-state index contributed by atoms with van der Waals surface area (Å²) in [5.74, 6) is -0.310. The number of hydrogen-bond acceptors (Lipinski definition) is 5. The van der Waals surface area contributed by atoms with Gasteiger partial charge in [-0.15, -0.1) is 0 Å². The number of rotatable bonds is 5. The van der Waals surface area contributed by atoms with Crippen LogP contribution in [0.1, 0.15) is 16.8 Å². The molecule has 0 spiro atoms. The Morgan fingerprint density at radius 1 is 1.61 bits per heavy atom. The summed E-state index contributed by atoms with van der Waals surface area (Å²) in [6, 6.07) is 5.61. The van der Waals surface area contributed by atoms with Crippen molar-refractivity contribution in [3.8, 4) is 11.8 Å². The molecule has 7 nitrogen and oxygen atoms in total. The van der Waals surface area contributed by atoms with Gasteiger partial charge in [0.05, 0.1) is 36.2 Å². The van der Waals surface area contributed by atoms with Crippen molar-refractivity contribution in [1.82, 2.24) is 5.32 Å². The van der Waals surface area contributed by atoms with Crippen LogP contribution in [-0.2, 0) is 0 Å². The average molecular weight is 249 g/mol. The van der Waals surface area contributed by atoms with E-state index in [-0.39, 0.29) is 30.0 Å². The average Bonchev–Trinajstić information content (AvgIpc) is 2.38. The lowest BCUT2D eigenvalue weighted by Gasteiger charge is -2.08. The number of methoxy groups -OCH3 is 1. The SMILES string of the molecule is COc1cc([N+](=O)[O-])ccc1C(=O)NCCC#N. The van der Waals surface area contributed by atoms with Gasteiger partial charge in [0.15, 0.2) is 0 Å². The second kappa shape index (κ2) is 6.20. The first-order valence-electron chi connectivity index (χ1n) is 5.07. The molecule has 7 heteroatoms. The fourth-order valence-corrected chi connectivity index (χ4v) is 1.31. The zero-order valence-corrected chi connectivity index (χ0v) is 9.67. The number of non-ortho nitro benzene ring substituents is 1. The van der Waals surface area contributed by atoms with Crippen LogP contribution in [0.4, 0.5) is 5.69 Å². The van der Waals surface area contributed by atoms with Crippen LogP contribution in [0.5, 0.6) is 5.75 Å². The van der Waals surface area contributed by atoms with Gasteiger partial charge in [-0.2, -0.15) is 5.26 Å². The minimum Gasteiger partial charge on any atom is -0.496 e. The number of nitrogens with one attached hydrogen (secondary N) is 1. The van der Waals surface area contributed by atoms with E-state index in [1.165, 1.54) is 25.3 Å². The Morgan fingerprint density at radius 2 is 2.33 bits per heavy atom. The van der Waals surface area contributed by atoms with Crippen molar-refractivity contribution in [2.75, 3.05) is 13.7 Å². The molecule has 18 heavy (non-hydrogen) atoms. The molecule has 0 saturated heterocycles.